The molecule has 2 aromatic carbocycles. The Morgan fingerprint density at radius 2 is 1.86 bits per heavy atom. The number of rotatable bonds is 5. The third-order valence-electron chi connectivity index (χ3n) is 4.35. The van der Waals surface area contributed by atoms with Crippen LogP contribution in [0.1, 0.15) is 17.3 Å². The number of carbonyl (C=O) groups excluding carboxylic acids is 1. The Labute approximate surface area is 170 Å². The van der Waals surface area contributed by atoms with Crippen molar-refractivity contribution in [1.29, 1.82) is 0 Å². The van der Waals surface area contributed by atoms with Crippen molar-refractivity contribution in [1.82, 2.24) is 9.97 Å². The van der Waals surface area contributed by atoms with E-state index in [0.717, 1.165) is 16.3 Å². The van der Waals surface area contributed by atoms with Crippen molar-refractivity contribution in [3.63, 3.8) is 0 Å². The van der Waals surface area contributed by atoms with Crippen molar-refractivity contribution in [3.8, 4) is 27.7 Å². The number of hydrogen-bond acceptors (Lipinski definition) is 6. The van der Waals surface area contributed by atoms with Gasteiger partial charge in [-0.05, 0) is 55.5 Å². The standard InChI is InChI=1S/C22H17FN2O3S/c1-3-28-15-7-4-13(5-8-15)21-25-20(12-29-21)19-11-17(22(26)27-2)16-10-14(23)6-9-18(16)24-19/h4-12H,3H2,1-2H3. The molecule has 5 nitrogen and oxygen atoms in total. The maximum absolute atomic E-state index is 13.7. The van der Waals surface area contributed by atoms with E-state index in [0.29, 0.717) is 28.9 Å². The summed E-state index contributed by atoms with van der Waals surface area (Å²) in [7, 11) is 1.29. The number of nitrogens with zero attached hydrogens (tertiary/aromatic N) is 2. The summed E-state index contributed by atoms with van der Waals surface area (Å²) in [6.45, 7) is 2.55. The summed E-state index contributed by atoms with van der Waals surface area (Å²) >= 11 is 1.48. The Kier molecular flexibility index (Phi) is 5.22. The van der Waals surface area contributed by atoms with Gasteiger partial charge in [0.1, 0.15) is 22.3 Å². The van der Waals surface area contributed by atoms with Gasteiger partial charge in [-0.1, -0.05) is 0 Å². The molecule has 4 aromatic rings. The molecule has 0 radical (unpaired) electrons. The number of aromatic nitrogens is 2. The molecule has 29 heavy (non-hydrogen) atoms. The third kappa shape index (κ3) is 3.82. The average Bonchev–Trinajstić information content (AvgIpc) is 3.23. The third-order valence-corrected chi connectivity index (χ3v) is 5.25. The zero-order valence-corrected chi connectivity index (χ0v) is 16.6. The second-order valence-corrected chi connectivity index (χ2v) is 7.06. The minimum absolute atomic E-state index is 0.252. The monoisotopic (exact) mass is 408 g/mol. The van der Waals surface area contributed by atoms with E-state index in [-0.39, 0.29) is 5.56 Å². The van der Waals surface area contributed by atoms with Gasteiger partial charge >= 0.3 is 5.97 Å². The largest absolute Gasteiger partial charge is 0.494 e. The number of hydrogen-bond donors (Lipinski definition) is 0. The highest BCUT2D eigenvalue weighted by Gasteiger charge is 2.17. The Hall–Kier alpha value is -3.32. The molecular weight excluding hydrogens is 391 g/mol. The van der Waals surface area contributed by atoms with Gasteiger partial charge in [0.25, 0.3) is 0 Å². The molecule has 0 aliphatic rings. The molecule has 2 heterocycles. The van der Waals surface area contributed by atoms with E-state index in [4.69, 9.17) is 9.47 Å². The summed E-state index contributed by atoms with van der Waals surface area (Å²) < 4.78 is 24.0. The first-order chi connectivity index (χ1) is 14.1. The van der Waals surface area contributed by atoms with Crippen molar-refractivity contribution >= 4 is 28.2 Å². The number of pyridine rings is 1. The van der Waals surface area contributed by atoms with E-state index >= 15 is 0 Å². The van der Waals surface area contributed by atoms with Crippen LogP contribution >= 0.6 is 11.3 Å². The van der Waals surface area contributed by atoms with Crippen LogP contribution in [0.15, 0.2) is 53.9 Å². The summed E-state index contributed by atoms with van der Waals surface area (Å²) in [5.41, 5.74) is 2.87. The number of esters is 1. The van der Waals surface area contributed by atoms with Crippen molar-refractivity contribution in [2.75, 3.05) is 13.7 Å². The number of methoxy groups -OCH3 is 1. The lowest BCUT2D eigenvalue weighted by atomic mass is 10.1. The Bertz CT molecular complexity index is 1190. The molecule has 0 aliphatic heterocycles. The SMILES string of the molecule is CCOc1ccc(-c2nc(-c3cc(C(=O)OC)c4cc(F)ccc4n3)cs2)cc1. The maximum Gasteiger partial charge on any atom is 0.338 e. The minimum Gasteiger partial charge on any atom is -0.494 e. The second kappa shape index (κ2) is 7.97. The predicted octanol–water partition coefficient (Wildman–Crippen LogP) is 5.35. The van der Waals surface area contributed by atoms with Gasteiger partial charge in [-0.25, -0.2) is 19.2 Å². The highest BCUT2D eigenvalue weighted by molar-refractivity contribution is 7.13. The second-order valence-electron chi connectivity index (χ2n) is 6.20. The lowest BCUT2D eigenvalue weighted by Crippen LogP contribution is -2.04. The summed E-state index contributed by atoms with van der Waals surface area (Å²) in [4.78, 5) is 21.5. The Morgan fingerprint density at radius 1 is 1.07 bits per heavy atom. The fraction of sp³-hybridized carbons (Fsp3) is 0.136. The van der Waals surface area contributed by atoms with Crippen LogP contribution in [0.2, 0.25) is 0 Å². The number of ether oxygens (including phenoxy) is 2. The van der Waals surface area contributed by atoms with E-state index in [1.54, 1.807) is 12.1 Å². The molecule has 0 spiro atoms. The number of thiazole rings is 1. The van der Waals surface area contributed by atoms with Crippen LogP contribution in [-0.4, -0.2) is 29.7 Å². The number of halogens is 1. The predicted molar refractivity (Wildman–Crippen MR) is 111 cm³/mol. The van der Waals surface area contributed by atoms with Crippen LogP contribution in [0.25, 0.3) is 32.9 Å². The molecule has 146 valence electrons. The van der Waals surface area contributed by atoms with E-state index in [2.05, 4.69) is 9.97 Å². The zero-order chi connectivity index (χ0) is 20.4. The minimum atomic E-state index is -0.550. The van der Waals surface area contributed by atoms with Crippen LogP contribution in [-0.2, 0) is 4.74 Å². The van der Waals surface area contributed by atoms with Gasteiger partial charge in [0.2, 0.25) is 0 Å². The topological polar surface area (TPSA) is 61.3 Å². The smallest absolute Gasteiger partial charge is 0.338 e. The van der Waals surface area contributed by atoms with Gasteiger partial charge in [-0.3, -0.25) is 0 Å². The Balaban J connectivity index is 1.75. The quantitative estimate of drug-likeness (QED) is 0.417. The van der Waals surface area contributed by atoms with E-state index < -0.39 is 11.8 Å². The zero-order valence-electron chi connectivity index (χ0n) is 15.8. The van der Waals surface area contributed by atoms with Crippen LogP contribution in [0.5, 0.6) is 5.75 Å². The van der Waals surface area contributed by atoms with E-state index in [9.17, 15) is 9.18 Å². The molecule has 7 heteroatoms. The van der Waals surface area contributed by atoms with Gasteiger partial charge in [-0.2, -0.15) is 0 Å². The molecule has 0 saturated carbocycles. The number of benzene rings is 2. The first-order valence-electron chi connectivity index (χ1n) is 8.97. The van der Waals surface area contributed by atoms with Crippen LogP contribution < -0.4 is 4.74 Å². The van der Waals surface area contributed by atoms with Gasteiger partial charge in [-0.15, -0.1) is 11.3 Å². The molecule has 2 aromatic heterocycles. The number of fused-ring (bicyclic) bond motifs is 1. The van der Waals surface area contributed by atoms with Gasteiger partial charge in [0.15, 0.2) is 0 Å². The molecule has 0 bridgehead atoms. The fourth-order valence-corrected chi connectivity index (χ4v) is 3.81. The van der Waals surface area contributed by atoms with Crippen molar-refractivity contribution < 1.29 is 18.7 Å². The molecule has 0 unspecified atom stereocenters. The van der Waals surface area contributed by atoms with Crippen molar-refractivity contribution in [3.05, 3.63) is 65.3 Å². The van der Waals surface area contributed by atoms with Crippen molar-refractivity contribution in [2.24, 2.45) is 0 Å². The fourth-order valence-electron chi connectivity index (χ4n) is 2.99. The molecule has 0 atom stereocenters. The van der Waals surface area contributed by atoms with Crippen LogP contribution in [0, 0.1) is 5.82 Å². The lowest BCUT2D eigenvalue weighted by molar-refractivity contribution is 0.0603. The summed E-state index contributed by atoms with van der Waals surface area (Å²) in [5, 5.41) is 3.11. The molecule has 4 rings (SSSR count). The summed E-state index contributed by atoms with van der Waals surface area (Å²) in [5.74, 6) is -0.186. The summed E-state index contributed by atoms with van der Waals surface area (Å²) in [6, 6.07) is 13.4. The molecule has 0 amide bonds. The normalized spacial score (nSPS) is 10.9. The lowest BCUT2D eigenvalue weighted by Gasteiger charge is -2.07. The van der Waals surface area contributed by atoms with E-state index in [1.807, 2.05) is 36.6 Å². The molecule has 0 fully saturated rings. The van der Waals surface area contributed by atoms with E-state index in [1.165, 1.54) is 30.6 Å². The van der Waals surface area contributed by atoms with Gasteiger partial charge in [0.05, 0.1) is 30.5 Å². The van der Waals surface area contributed by atoms with Crippen LogP contribution in [0.4, 0.5) is 4.39 Å². The highest BCUT2D eigenvalue weighted by atomic mass is 32.1. The highest BCUT2D eigenvalue weighted by Crippen LogP contribution is 2.31. The number of carbonyl (C=O) groups is 1. The average molecular weight is 408 g/mol. The molecule has 0 aliphatic carbocycles. The van der Waals surface area contributed by atoms with Crippen molar-refractivity contribution in [2.45, 2.75) is 6.92 Å². The first kappa shape index (κ1) is 19.0. The van der Waals surface area contributed by atoms with Crippen LogP contribution in [0.3, 0.4) is 0 Å². The first-order valence-corrected chi connectivity index (χ1v) is 9.84. The summed E-state index contributed by atoms with van der Waals surface area (Å²) in [6.07, 6.45) is 0. The Morgan fingerprint density at radius 3 is 2.59 bits per heavy atom. The molecule has 0 N–H and O–H groups in total. The maximum atomic E-state index is 13.7. The molecular formula is C22H17FN2O3S. The molecule has 0 saturated heterocycles. The van der Waals surface area contributed by atoms with Gasteiger partial charge in [0, 0.05) is 16.3 Å². The van der Waals surface area contributed by atoms with Gasteiger partial charge < -0.3 is 9.47 Å².